The summed E-state index contributed by atoms with van der Waals surface area (Å²) in [6.07, 6.45) is 6.97. The van der Waals surface area contributed by atoms with Crippen LogP contribution in [0.4, 0.5) is 5.69 Å². The SMILES string of the molecule is Cc1ccccc1N(C(C)C)C1CCCCC1. The molecule has 1 fully saturated rings. The molecule has 1 heteroatoms. The number of benzene rings is 1. The molecular weight excluding hydrogens is 206 g/mol. The average molecular weight is 231 g/mol. The van der Waals surface area contributed by atoms with Crippen molar-refractivity contribution in [2.45, 2.75) is 65.0 Å². The molecule has 0 bridgehead atoms. The van der Waals surface area contributed by atoms with Crippen LogP contribution >= 0.6 is 0 Å². The zero-order valence-corrected chi connectivity index (χ0v) is 11.4. The van der Waals surface area contributed by atoms with Gasteiger partial charge in [0, 0.05) is 17.8 Å². The molecule has 1 aromatic rings. The van der Waals surface area contributed by atoms with E-state index in [1.165, 1.54) is 43.4 Å². The lowest BCUT2D eigenvalue weighted by Crippen LogP contribution is -2.42. The molecule has 17 heavy (non-hydrogen) atoms. The van der Waals surface area contributed by atoms with E-state index in [0.717, 1.165) is 6.04 Å². The summed E-state index contributed by atoms with van der Waals surface area (Å²) < 4.78 is 0. The van der Waals surface area contributed by atoms with E-state index < -0.39 is 0 Å². The minimum atomic E-state index is 0.596. The summed E-state index contributed by atoms with van der Waals surface area (Å²) in [5, 5.41) is 0. The highest BCUT2D eigenvalue weighted by Gasteiger charge is 2.24. The molecule has 0 spiro atoms. The minimum Gasteiger partial charge on any atom is -0.366 e. The molecule has 1 aromatic carbocycles. The lowest BCUT2D eigenvalue weighted by atomic mass is 9.92. The van der Waals surface area contributed by atoms with Crippen LogP contribution in [-0.2, 0) is 0 Å². The molecule has 0 radical (unpaired) electrons. The molecule has 94 valence electrons. The van der Waals surface area contributed by atoms with Crippen molar-refractivity contribution in [2.24, 2.45) is 0 Å². The first kappa shape index (κ1) is 12.5. The summed E-state index contributed by atoms with van der Waals surface area (Å²) in [6.45, 7) is 6.87. The van der Waals surface area contributed by atoms with Gasteiger partial charge in [-0.05, 0) is 45.2 Å². The van der Waals surface area contributed by atoms with Gasteiger partial charge in [-0.1, -0.05) is 37.5 Å². The van der Waals surface area contributed by atoms with Gasteiger partial charge >= 0.3 is 0 Å². The fourth-order valence-corrected chi connectivity index (χ4v) is 3.11. The molecule has 0 unspecified atom stereocenters. The number of hydrogen-bond acceptors (Lipinski definition) is 1. The number of rotatable bonds is 3. The van der Waals surface area contributed by atoms with Gasteiger partial charge in [0.05, 0.1) is 0 Å². The first-order valence-corrected chi connectivity index (χ1v) is 7.04. The average Bonchev–Trinajstić information content (AvgIpc) is 2.33. The normalized spacial score (nSPS) is 17.4. The topological polar surface area (TPSA) is 3.24 Å². The summed E-state index contributed by atoms with van der Waals surface area (Å²) in [4.78, 5) is 2.65. The molecule has 0 saturated heterocycles. The van der Waals surface area contributed by atoms with Gasteiger partial charge in [-0.2, -0.15) is 0 Å². The lowest BCUT2D eigenvalue weighted by Gasteiger charge is -2.40. The molecule has 0 N–H and O–H groups in total. The third-order valence-corrected chi connectivity index (χ3v) is 3.92. The van der Waals surface area contributed by atoms with Gasteiger partial charge in [0.1, 0.15) is 0 Å². The van der Waals surface area contributed by atoms with Crippen molar-refractivity contribution >= 4 is 5.69 Å². The Bertz CT molecular complexity index is 350. The maximum Gasteiger partial charge on any atom is 0.0400 e. The van der Waals surface area contributed by atoms with E-state index in [1.54, 1.807) is 0 Å². The van der Waals surface area contributed by atoms with Gasteiger partial charge in [-0.25, -0.2) is 0 Å². The van der Waals surface area contributed by atoms with Gasteiger partial charge < -0.3 is 4.90 Å². The monoisotopic (exact) mass is 231 g/mol. The number of nitrogens with zero attached hydrogens (tertiary/aromatic N) is 1. The van der Waals surface area contributed by atoms with Crippen molar-refractivity contribution < 1.29 is 0 Å². The molecule has 0 amide bonds. The number of anilines is 1. The fourth-order valence-electron chi connectivity index (χ4n) is 3.11. The van der Waals surface area contributed by atoms with Crippen LogP contribution in [0.1, 0.15) is 51.5 Å². The van der Waals surface area contributed by atoms with Crippen LogP contribution in [0.15, 0.2) is 24.3 Å². The van der Waals surface area contributed by atoms with E-state index in [9.17, 15) is 0 Å². The van der Waals surface area contributed by atoms with Gasteiger partial charge in [0.15, 0.2) is 0 Å². The minimum absolute atomic E-state index is 0.596. The predicted octanol–water partition coefficient (Wildman–Crippen LogP) is 4.54. The quantitative estimate of drug-likeness (QED) is 0.738. The van der Waals surface area contributed by atoms with Crippen LogP contribution in [0.3, 0.4) is 0 Å². The Balaban J connectivity index is 2.25. The summed E-state index contributed by atoms with van der Waals surface area (Å²) >= 11 is 0. The van der Waals surface area contributed by atoms with Crippen LogP contribution in [0.5, 0.6) is 0 Å². The highest BCUT2D eigenvalue weighted by Crippen LogP contribution is 2.30. The van der Waals surface area contributed by atoms with Crippen molar-refractivity contribution in [3.63, 3.8) is 0 Å². The van der Waals surface area contributed by atoms with Gasteiger partial charge in [-0.3, -0.25) is 0 Å². The molecular formula is C16H25N. The Kier molecular flexibility index (Phi) is 4.09. The maximum atomic E-state index is 2.65. The third-order valence-electron chi connectivity index (χ3n) is 3.92. The van der Waals surface area contributed by atoms with E-state index in [-0.39, 0.29) is 0 Å². The van der Waals surface area contributed by atoms with Crippen LogP contribution in [0, 0.1) is 6.92 Å². The van der Waals surface area contributed by atoms with Crippen molar-refractivity contribution in [2.75, 3.05) is 4.90 Å². The van der Waals surface area contributed by atoms with Gasteiger partial charge in [-0.15, -0.1) is 0 Å². The standard InChI is InChI=1S/C16H25N/c1-13(2)17(15-10-5-4-6-11-15)16-12-8-7-9-14(16)3/h7-9,12-13,15H,4-6,10-11H2,1-3H3. The van der Waals surface area contributed by atoms with Crippen LogP contribution in [0.25, 0.3) is 0 Å². The van der Waals surface area contributed by atoms with E-state index in [2.05, 4.69) is 49.9 Å². The second-order valence-electron chi connectivity index (χ2n) is 5.58. The van der Waals surface area contributed by atoms with Crippen molar-refractivity contribution in [1.82, 2.24) is 0 Å². The Hall–Kier alpha value is -0.980. The van der Waals surface area contributed by atoms with Crippen molar-refractivity contribution in [1.29, 1.82) is 0 Å². The zero-order valence-electron chi connectivity index (χ0n) is 11.4. The van der Waals surface area contributed by atoms with Crippen LogP contribution in [0.2, 0.25) is 0 Å². The predicted molar refractivity (Wildman–Crippen MR) is 75.7 cm³/mol. The smallest absolute Gasteiger partial charge is 0.0400 e. The Morgan fingerprint density at radius 2 is 1.71 bits per heavy atom. The van der Waals surface area contributed by atoms with E-state index in [4.69, 9.17) is 0 Å². The first-order chi connectivity index (χ1) is 8.20. The molecule has 0 aromatic heterocycles. The van der Waals surface area contributed by atoms with Crippen molar-refractivity contribution in [3.05, 3.63) is 29.8 Å². The fraction of sp³-hybridized carbons (Fsp3) is 0.625. The highest BCUT2D eigenvalue weighted by atomic mass is 15.2. The van der Waals surface area contributed by atoms with Gasteiger partial charge in [0.2, 0.25) is 0 Å². The van der Waals surface area contributed by atoms with E-state index in [1.807, 2.05) is 0 Å². The van der Waals surface area contributed by atoms with E-state index >= 15 is 0 Å². The molecule has 1 aliphatic rings. The maximum absolute atomic E-state index is 2.65. The van der Waals surface area contributed by atoms with Crippen LogP contribution in [-0.4, -0.2) is 12.1 Å². The molecule has 1 saturated carbocycles. The third kappa shape index (κ3) is 2.83. The second-order valence-corrected chi connectivity index (χ2v) is 5.58. The first-order valence-electron chi connectivity index (χ1n) is 7.04. The van der Waals surface area contributed by atoms with Gasteiger partial charge in [0.25, 0.3) is 0 Å². The zero-order chi connectivity index (χ0) is 12.3. The summed E-state index contributed by atoms with van der Waals surface area (Å²) in [5.74, 6) is 0. The Morgan fingerprint density at radius 3 is 2.29 bits per heavy atom. The second kappa shape index (κ2) is 5.57. The van der Waals surface area contributed by atoms with Crippen LogP contribution < -0.4 is 4.90 Å². The molecule has 0 atom stereocenters. The summed E-state index contributed by atoms with van der Waals surface area (Å²) in [7, 11) is 0. The molecule has 1 aliphatic carbocycles. The molecule has 0 heterocycles. The molecule has 0 aliphatic heterocycles. The van der Waals surface area contributed by atoms with Crippen molar-refractivity contribution in [3.8, 4) is 0 Å². The Morgan fingerprint density at radius 1 is 1.06 bits per heavy atom. The van der Waals surface area contributed by atoms with E-state index in [0.29, 0.717) is 6.04 Å². The molecule has 2 rings (SSSR count). The Labute approximate surface area is 106 Å². The molecule has 1 nitrogen and oxygen atoms in total. The highest BCUT2D eigenvalue weighted by molar-refractivity contribution is 5.54. The summed E-state index contributed by atoms with van der Waals surface area (Å²) in [5.41, 5.74) is 2.85. The lowest BCUT2D eigenvalue weighted by molar-refractivity contribution is 0.398. The number of para-hydroxylation sites is 1. The number of hydrogen-bond donors (Lipinski definition) is 0. The summed E-state index contributed by atoms with van der Waals surface area (Å²) in [6, 6.07) is 10.2. The largest absolute Gasteiger partial charge is 0.366 e. The number of aryl methyl sites for hydroxylation is 1.